The number of carboxylic acid groups (broad SMARTS) is 1. The molecular formula is C18H25ClN2O5S. The fraction of sp³-hybridized carbons (Fsp3) is 0.556. The molecule has 9 heteroatoms. The highest BCUT2D eigenvalue weighted by atomic mass is 35.5. The van der Waals surface area contributed by atoms with Gasteiger partial charge in [0.2, 0.25) is 15.9 Å². The van der Waals surface area contributed by atoms with E-state index in [9.17, 15) is 23.1 Å². The van der Waals surface area contributed by atoms with Gasteiger partial charge >= 0.3 is 5.97 Å². The Morgan fingerprint density at radius 1 is 1.22 bits per heavy atom. The third kappa shape index (κ3) is 5.67. The molecule has 1 saturated heterocycles. The first kappa shape index (κ1) is 21.7. The zero-order chi connectivity index (χ0) is 20.2. The lowest BCUT2D eigenvalue weighted by atomic mass is 9.96. The summed E-state index contributed by atoms with van der Waals surface area (Å²) in [5, 5.41) is 12.3. The molecule has 0 bridgehead atoms. The third-order valence-electron chi connectivity index (χ3n) is 4.60. The van der Waals surface area contributed by atoms with E-state index in [-0.39, 0.29) is 29.8 Å². The number of benzene rings is 1. The number of carboxylic acids is 1. The number of nitrogens with one attached hydrogen (secondary N) is 1. The average molecular weight is 417 g/mol. The first-order valence-corrected chi connectivity index (χ1v) is 10.7. The Labute approximate surface area is 164 Å². The highest BCUT2D eigenvalue weighted by Gasteiger charge is 2.33. The topological polar surface area (TPSA) is 104 Å². The minimum Gasteiger partial charge on any atom is -0.480 e. The zero-order valence-electron chi connectivity index (χ0n) is 15.4. The molecule has 150 valence electrons. The van der Waals surface area contributed by atoms with Crippen LogP contribution in [0.4, 0.5) is 0 Å². The van der Waals surface area contributed by atoms with Crippen molar-refractivity contribution < 1.29 is 23.1 Å². The molecule has 0 aromatic heterocycles. The summed E-state index contributed by atoms with van der Waals surface area (Å²) in [7, 11) is -3.63. The lowest BCUT2D eigenvalue weighted by Crippen LogP contribution is -2.47. The maximum atomic E-state index is 12.7. The molecule has 0 saturated carbocycles. The molecule has 1 aliphatic rings. The monoisotopic (exact) mass is 416 g/mol. The van der Waals surface area contributed by atoms with E-state index in [0.717, 1.165) is 0 Å². The van der Waals surface area contributed by atoms with E-state index in [4.69, 9.17) is 11.6 Å². The second-order valence-electron chi connectivity index (χ2n) is 7.16. The molecule has 1 aromatic carbocycles. The van der Waals surface area contributed by atoms with Gasteiger partial charge in [-0.1, -0.05) is 25.4 Å². The van der Waals surface area contributed by atoms with E-state index in [1.165, 1.54) is 28.6 Å². The molecule has 1 aliphatic heterocycles. The van der Waals surface area contributed by atoms with Gasteiger partial charge in [-0.2, -0.15) is 4.31 Å². The smallest absolute Gasteiger partial charge is 0.326 e. The van der Waals surface area contributed by atoms with E-state index < -0.39 is 28.0 Å². The van der Waals surface area contributed by atoms with E-state index in [1.807, 2.05) is 13.8 Å². The summed E-state index contributed by atoms with van der Waals surface area (Å²) >= 11 is 5.80. The Morgan fingerprint density at radius 2 is 1.78 bits per heavy atom. The molecule has 2 rings (SSSR count). The van der Waals surface area contributed by atoms with Crippen molar-refractivity contribution in [2.45, 2.75) is 44.0 Å². The summed E-state index contributed by atoms with van der Waals surface area (Å²) in [6.07, 6.45) is 1.06. The molecule has 7 nitrogen and oxygen atoms in total. The number of nitrogens with zero attached hydrogens (tertiary/aromatic N) is 1. The standard InChI is InChI=1S/C18H25ClN2O5S/c1-12(2)11-16(18(23)24)20-17(22)13-7-9-21(10-8-13)27(25,26)15-5-3-14(19)4-6-15/h3-6,12-13,16H,7-11H2,1-2H3,(H,20,22)(H,23,24)/t16-/m0/s1. The number of carbonyl (C=O) groups excluding carboxylic acids is 1. The average Bonchev–Trinajstić information content (AvgIpc) is 2.61. The fourth-order valence-corrected chi connectivity index (χ4v) is 4.69. The number of piperidine rings is 1. The van der Waals surface area contributed by atoms with Crippen molar-refractivity contribution in [2.24, 2.45) is 11.8 Å². The number of rotatable bonds is 7. The Kier molecular flexibility index (Phi) is 7.25. The summed E-state index contributed by atoms with van der Waals surface area (Å²) in [5.74, 6) is -1.64. The van der Waals surface area contributed by atoms with Gasteiger partial charge in [0.05, 0.1) is 4.90 Å². The SMILES string of the molecule is CC(C)C[C@H](NC(=O)C1CCN(S(=O)(=O)c2ccc(Cl)cc2)CC1)C(=O)O. The van der Waals surface area contributed by atoms with E-state index in [2.05, 4.69) is 5.32 Å². The summed E-state index contributed by atoms with van der Waals surface area (Å²) in [6.45, 7) is 4.21. The quantitative estimate of drug-likeness (QED) is 0.710. The van der Waals surface area contributed by atoms with Crippen LogP contribution in [-0.2, 0) is 19.6 Å². The third-order valence-corrected chi connectivity index (χ3v) is 6.76. The molecule has 0 spiro atoms. The maximum Gasteiger partial charge on any atom is 0.326 e. The van der Waals surface area contributed by atoms with Crippen LogP contribution in [-0.4, -0.2) is 48.8 Å². The summed E-state index contributed by atoms with van der Waals surface area (Å²) in [4.78, 5) is 23.9. The second-order valence-corrected chi connectivity index (χ2v) is 9.54. The van der Waals surface area contributed by atoms with Gasteiger partial charge in [0.1, 0.15) is 6.04 Å². The van der Waals surface area contributed by atoms with Crippen LogP contribution in [0.3, 0.4) is 0 Å². The van der Waals surface area contributed by atoms with Crippen molar-refractivity contribution in [3.05, 3.63) is 29.3 Å². The molecule has 1 aromatic rings. The first-order chi connectivity index (χ1) is 12.6. The molecule has 2 N–H and O–H groups in total. The van der Waals surface area contributed by atoms with E-state index >= 15 is 0 Å². The molecule has 1 fully saturated rings. The Bertz CT molecular complexity index is 771. The molecule has 1 atom stereocenters. The first-order valence-electron chi connectivity index (χ1n) is 8.90. The van der Waals surface area contributed by atoms with Crippen LogP contribution < -0.4 is 5.32 Å². The van der Waals surface area contributed by atoms with Crippen molar-refractivity contribution in [1.29, 1.82) is 0 Å². The van der Waals surface area contributed by atoms with Gasteiger partial charge < -0.3 is 10.4 Å². The highest BCUT2D eigenvalue weighted by Crippen LogP contribution is 2.25. The molecule has 0 aliphatic carbocycles. The minimum absolute atomic E-state index is 0.137. The minimum atomic E-state index is -3.63. The van der Waals surface area contributed by atoms with Gasteiger partial charge in [-0.3, -0.25) is 4.79 Å². The van der Waals surface area contributed by atoms with Crippen LogP contribution in [0.15, 0.2) is 29.2 Å². The Hall–Kier alpha value is -1.64. The van der Waals surface area contributed by atoms with Gasteiger partial charge in [-0.25, -0.2) is 13.2 Å². The van der Waals surface area contributed by atoms with Gasteiger partial charge in [0.25, 0.3) is 0 Å². The van der Waals surface area contributed by atoms with Crippen molar-refractivity contribution >= 4 is 33.5 Å². The van der Waals surface area contributed by atoms with Gasteiger partial charge in [-0.15, -0.1) is 0 Å². The second kappa shape index (κ2) is 9.03. The number of hydrogen-bond acceptors (Lipinski definition) is 4. The highest BCUT2D eigenvalue weighted by molar-refractivity contribution is 7.89. The molecule has 1 heterocycles. The predicted molar refractivity (Wildman–Crippen MR) is 102 cm³/mol. The lowest BCUT2D eigenvalue weighted by molar-refractivity contribution is -0.143. The van der Waals surface area contributed by atoms with Crippen molar-refractivity contribution in [1.82, 2.24) is 9.62 Å². The Morgan fingerprint density at radius 3 is 2.26 bits per heavy atom. The summed E-state index contributed by atoms with van der Waals surface area (Å²) < 4.78 is 26.7. The molecular weight excluding hydrogens is 392 g/mol. The maximum absolute atomic E-state index is 12.7. The zero-order valence-corrected chi connectivity index (χ0v) is 17.0. The number of hydrogen-bond donors (Lipinski definition) is 2. The van der Waals surface area contributed by atoms with E-state index in [0.29, 0.717) is 24.3 Å². The van der Waals surface area contributed by atoms with Gasteiger partial charge in [0, 0.05) is 24.0 Å². The van der Waals surface area contributed by atoms with Crippen LogP contribution in [0.25, 0.3) is 0 Å². The van der Waals surface area contributed by atoms with Crippen molar-refractivity contribution in [3.8, 4) is 0 Å². The summed E-state index contributed by atoms with van der Waals surface area (Å²) in [5.41, 5.74) is 0. The number of amides is 1. The van der Waals surface area contributed by atoms with Crippen LogP contribution >= 0.6 is 11.6 Å². The predicted octanol–water partition coefficient (Wildman–Crippen LogP) is 2.36. The van der Waals surface area contributed by atoms with Crippen molar-refractivity contribution in [3.63, 3.8) is 0 Å². The van der Waals surface area contributed by atoms with Gasteiger partial charge in [0.15, 0.2) is 0 Å². The molecule has 1 amide bonds. The molecule has 0 radical (unpaired) electrons. The van der Waals surface area contributed by atoms with Crippen LogP contribution in [0, 0.1) is 11.8 Å². The number of carbonyl (C=O) groups is 2. The summed E-state index contributed by atoms with van der Waals surface area (Å²) in [6, 6.07) is 5.04. The van der Waals surface area contributed by atoms with Crippen LogP contribution in [0.1, 0.15) is 33.1 Å². The number of halogens is 1. The number of sulfonamides is 1. The Balaban J connectivity index is 1.96. The van der Waals surface area contributed by atoms with Crippen LogP contribution in [0.2, 0.25) is 5.02 Å². The van der Waals surface area contributed by atoms with Gasteiger partial charge in [-0.05, 0) is 49.4 Å². The molecule has 0 unspecified atom stereocenters. The normalized spacial score (nSPS) is 17.6. The van der Waals surface area contributed by atoms with Crippen LogP contribution in [0.5, 0.6) is 0 Å². The fourth-order valence-electron chi connectivity index (χ4n) is 3.10. The lowest BCUT2D eigenvalue weighted by Gasteiger charge is -2.31. The van der Waals surface area contributed by atoms with E-state index in [1.54, 1.807) is 0 Å². The number of aliphatic carboxylic acids is 1. The van der Waals surface area contributed by atoms with Crippen molar-refractivity contribution in [2.75, 3.05) is 13.1 Å². The molecule has 27 heavy (non-hydrogen) atoms. The largest absolute Gasteiger partial charge is 0.480 e.